The zero-order valence-corrected chi connectivity index (χ0v) is 15.7. The number of hydrogen-bond acceptors (Lipinski definition) is 1. The molecule has 1 nitrogen and oxygen atoms in total. The second kappa shape index (κ2) is 10.5. The van der Waals surface area contributed by atoms with Crippen molar-refractivity contribution in [2.75, 3.05) is 0 Å². The van der Waals surface area contributed by atoms with Crippen molar-refractivity contribution in [3.63, 3.8) is 0 Å². The van der Waals surface area contributed by atoms with E-state index < -0.39 is 0 Å². The van der Waals surface area contributed by atoms with Gasteiger partial charge in [-0.25, -0.2) is 0 Å². The zero-order chi connectivity index (χ0) is 16.4. The molecule has 2 rings (SSSR count). The highest BCUT2D eigenvalue weighted by molar-refractivity contribution is 5.59. The molecular formula is C22H40O. The first kappa shape index (κ1) is 19.0. The van der Waals surface area contributed by atoms with E-state index in [1.165, 1.54) is 115 Å². The van der Waals surface area contributed by atoms with Crippen LogP contribution in [0.2, 0.25) is 0 Å². The number of aldehydes is 1. The fourth-order valence-electron chi connectivity index (χ4n) is 5.21. The van der Waals surface area contributed by atoms with Gasteiger partial charge in [-0.1, -0.05) is 90.4 Å². The van der Waals surface area contributed by atoms with Crippen LogP contribution in [0.3, 0.4) is 0 Å². The Kier molecular flexibility index (Phi) is 8.69. The summed E-state index contributed by atoms with van der Waals surface area (Å²) in [5, 5.41) is 0. The molecule has 0 aromatic rings. The van der Waals surface area contributed by atoms with Gasteiger partial charge >= 0.3 is 0 Å². The quantitative estimate of drug-likeness (QED) is 0.310. The third kappa shape index (κ3) is 6.24. The minimum Gasteiger partial charge on any atom is -0.303 e. The lowest BCUT2D eigenvalue weighted by Gasteiger charge is -2.36. The normalized spacial score (nSPS) is 23.5. The molecule has 23 heavy (non-hydrogen) atoms. The van der Waals surface area contributed by atoms with Gasteiger partial charge < -0.3 is 4.79 Å². The van der Waals surface area contributed by atoms with Crippen LogP contribution in [0.4, 0.5) is 0 Å². The van der Waals surface area contributed by atoms with Crippen LogP contribution in [-0.4, -0.2) is 6.29 Å². The maximum absolute atomic E-state index is 11.8. The standard InChI is InChI=1S/C22H40O/c1-2-3-4-7-14-21(20-12-8-5-9-13-20)15-18-22(19-23)16-10-6-11-17-22/h19-21H,2-18H2,1H3. The Hall–Kier alpha value is -0.330. The van der Waals surface area contributed by atoms with E-state index in [4.69, 9.17) is 0 Å². The molecule has 0 spiro atoms. The van der Waals surface area contributed by atoms with E-state index in [9.17, 15) is 4.79 Å². The molecular weight excluding hydrogens is 280 g/mol. The number of carbonyl (C=O) groups excluding carboxylic acids is 1. The summed E-state index contributed by atoms with van der Waals surface area (Å²) >= 11 is 0. The van der Waals surface area contributed by atoms with Gasteiger partial charge in [0.15, 0.2) is 0 Å². The molecule has 0 aliphatic heterocycles. The zero-order valence-electron chi connectivity index (χ0n) is 15.7. The molecule has 0 saturated heterocycles. The van der Waals surface area contributed by atoms with Gasteiger partial charge in [-0.05, 0) is 37.5 Å². The maximum Gasteiger partial charge on any atom is 0.126 e. The van der Waals surface area contributed by atoms with Crippen molar-refractivity contribution >= 4 is 6.29 Å². The van der Waals surface area contributed by atoms with Gasteiger partial charge in [0.1, 0.15) is 6.29 Å². The van der Waals surface area contributed by atoms with Crippen LogP contribution in [0.15, 0.2) is 0 Å². The Balaban J connectivity index is 1.85. The lowest BCUT2D eigenvalue weighted by molar-refractivity contribution is -0.118. The number of unbranched alkanes of at least 4 members (excludes halogenated alkanes) is 3. The summed E-state index contributed by atoms with van der Waals surface area (Å²) in [4.78, 5) is 11.8. The first-order chi connectivity index (χ1) is 11.3. The molecule has 0 radical (unpaired) electrons. The van der Waals surface area contributed by atoms with Gasteiger partial charge in [0.2, 0.25) is 0 Å². The third-order valence-corrected chi connectivity index (χ3v) is 6.86. The average Bonchev–Trinajstić information content (AvgIpc) is 2.62. The molecule has 2 fully saturated rings. The van der Waals surface area contributed by atoms with Crippen molar-refractivity contribution in [2.45, 2.75) is 116 Å². The van der Waals surface area contributed by atoms with Crippen LogP contribution in [0.25, 0.3) is 0 Å². The molecule has 2 aliphatic carbocycles. The van der Waals surface area contributed by atoms with Gasteiger partial charge in [0, 0.05) is 5.41 Å². The van der Waals surface area contributed by atoms with Crippen molar-refractivity contribution < 1.29 is 4.79 Å². The SMILES string of the molecule is CCCCCCC(CCC1(C=O)CCCCC1)C1CCCCC1. The van der Waals surface area contributed by atoms with E-state index in [-0.39, 0.29) is 5.41 Å². The molecule has 0 aromatic carbocycles. The van der Waals surface area contributed by atoms with Gasteiger partial charge in [-0.3, -0.25) is 0 Å². The Morgan fingerprint density at radius 1 is 0.913 bits per heavy atom. The monoisotopic (exact) mass is 320 g/mol. The topological polar surface area (TPSA) is 17.1 Å². The molecule has 1 atom stereocenters. The van der Waals surface area contributed by atoms with E-state index in [2.05, 4.69) is 6.92 Å². The highest BCUT2D eigenvalue weighted by Crippen LogP contribution is 2.42. The molecule has 0 bridgehead atoms. The Morgan fingerprint density at radius 2 is 1.61 bits per heavy atom. The van der Waals surface area contributed by atoms with Crippen LogP contribution in [-0.2, 0) is 4.79 Å². The number of hydrogen-bond donors (Lipinski definition) is 0. The minimum atomic E-state index is 0.0641. The van der Waals surface area contributed by atoms with Gasteiger partial charge in [-0.15, -0.1) is 0 Å². The minimum absolute atomic E-state index is 0.0641. The van der Waals surface area contributed by atoms with E-state index in [1.54, 1.807) is 0 Å². The average molecular weight is 321 g/mol. The van der Waals surface area contributed by atoms with Crippen LogP contribution in [0, 0.1) is 17.3 Å². The molecule has 0 N–H and O–H groups in total. The van der Waals surface area contributed by atoms with Crippen molar-refractivity contribution in [1.82, 2.24) is 0 Å². The first-order valence-electron chi connectivity index (χ1n) is 10.8. The van der Waals surface area contributed by atoms with Gasteiger partial charge in [0.25, 0.3) is 0 Å². The van der Waals surface area contributed by atoms with Crippen LogP contribution in [0.5, 0.6) is 0 Å². The number of carbonyl (C=O) groups is 1. The summed E-state index contributed by atoms with van der Waals surface area (Å²) in [6, 6.07) is 0. The summed E-state index contributed by atoms with van der Waals surface area (Å²) in [6.07, 6.45) is 24.4. The van der Waals surface area contributed by atoms with Gasteiger partial charge in [0.05, 0.1) is 0 Å². The summed E-state index contributed by atoms with van der Waals surface area (Å²) in [7, 11) is 0. The van der Waals surface area contributed by atoms with Gasteiger partial charge in [-0.2, -0.15) is 0 Å². The molecule has 1 unspecified atom stereocenters. The Bertz CT molecular complexity index is 310. The largest absolute Gasteiger partial charge is 0.303 e. The van der Waals surface area contributed by atoms with Crippen LogP contribution in [0.1, 0.15) is 116 Å². The molecule has 2 saturated carbocycles. The van der Waals surface area contributed by atoms with Crippen molar-refractivity contribution in [3.05, 3.63) is 0 Å². The van der Waals surface area contributed by atoms with Crippen LogP contribution >= 0.6 is 0 Å². The Labute approximate surface area is 145 Å². The summed E-state index contributed by atoms with van der Waals surface area (Å²) < 4.78 is 0. The van der Waals surface area contributed by atoms with Crippen molar-refractivity contribution in [2.24, 2.45) is 17.3 Å². The van der Waals surface area contributed by atoms with Crippen LogP contribution < -0.4 is 0 Å². The lowest BCUT2D eigenvalue weighted by Crippen LogP contribution is -2.28. The molecule has 134 valence electrons. The van der Waals surface area contributed by atoms with Crippen molar-refractivity contribution in [3.8, 4) is 0 Å². The summed E-state index contributed by atoms with van der Waals surface area (Å²) in [5.41, 5.74) is 0.0641. The predicted octanol–water partition coefficient (Wildman–Crippen LogP) is 7.08. The van der Waals surface area contributed by atoms with E-state index >= 15 is 0 Å². The van der Waals surface area contributed by atoms with E-state index in [0.717, 1.165) is 11.8 Å². The third-order valence-electron chi connectivity index (χ3n) is 6.86. The van der Waals surface area contributed by atoms with E-state index in [0.29, 0.717) is 0 Å². The second-order valence-corrected chi connectivity index (χ2v) is 8.59. The maximum atomic E-state index is 11.8. The van der Waals surface area contributed by atoms with E-state index in [1.807, 2.05) is 0 Å². The first-order valence-corrected chi connectivity index (χ1v) is 10.8. The second-order valence-electron chi connectivity index (χ2n) is 8.59. The highest BCUT2D eigenvalue weighted by atomic mass is 16.1. The summed E-state index contributed by atoms with van der Waals surface area (Å²) in [6.45, 7) is 2.30. The predicted molar refractivity (Wildman–Crippen MR) is 99.6 cm³/mol. The molecule has 0 aromatic heterocycles. The highest BCUT2D eigenvalue weighted by Gasteiger charge is 2.33. The fraction of sp³-hybridized carbons (Fsp3) is 0.955. The molecule has 0 amide bonds. The lowest BCUT2D eigenvalue weighted by atomic mass is 9.68. The molecule has 2 aliphatic rings. The molecule has 1 heteroatoms. The Morgan fingerprint density at radius 3 is 2.26 bits per heavy atom. The summed E-state index contributed by atoms with van der Waals surface area (Å²) in [5.74, 6) is 1.88. The van der Waals surface area contributed by atoms with Crippen molar-refractivity contribution in [1.29, 1.82) is 0 Å². The smallest absolute Gasteiger partial charge is 0.126 e. The molecule has 0 heterocycles. The number of rotatable bonds is 10. The fourth-order valence-corrected chi connectivity index (χ4v) is 5.21.